The second-order valence-electron chi connectivity index (χ2n) is 10.3. The van der Waals surface area contributed by atoms with Gasteiger partial charge in [0.15, 0.2) is 5.82 Å². The number of alkyl halides is 2. The number of hydrogen-bond donors (Lipinski definition) is 1. The third-order valence-corrected chi connectivity index (χ3v) is 7.97. The summed E-state index contributed by atoms with van der Waals surface area (Å²) in [5.74, 6) is 1.76. The Hall–Kier alpha value is -2.89. The van der Waals surface area contributed by atoms with Crippen LogP contribution in [0.15, 0.2) is 30.3 Å². The van der Waals surface area contributed by atoms with Gasteiger partial charge < -0.3 is 19.7 Å². The topological polar surface area (TPSA) is 80.6 Å². The van der Waals surface area contributed by atoms with Crippen molar-refractivity contribution >= 4 is 22.8 Å². The zero-order valence-corrected chi connectivity index (χ0v) is 21.6. The first kappa shape index (κ1) is 25.4. The minimum Gasteiger partial charge on any atom is -0.379 e. The molecule has 6 rings (SSSR count). The van der Waals surface area contributed by atoms with Crippen molar-refractivity contribution in [2.75, 3.05) is 69.4 Å². The molecule has 1 aromatic carbocycles. The first-order valence-corrected chi connectivity index (χ1v) is 13.7. The second-order valence-corrected chi connectivity index (χ2v) is 10.3. The number of aromatic nitrogens is 4. The minimum atomic E-state index is -2.73. The molecule has 0 unspecified atom stereocenters. The average molecular weight is 528 g/mol. The third kappa shape index (κ3) is 5.45. The maximum Gasteiger partial charge on any atom is 0.296 e. The van der Waals surface area contributed by atoms with Crippen LogP contribution in [-0.2, 0) is 9.47 Å². The molecule has 9 nitrogen and oxygen atoms in total. The van der Waals surface area contributed by atoms with Crippen LogP contribution in [0.3, 0.4) is 0 Å². The predicted molar refractivity (Wildman–Crippen MR) is 141 cm³/mol. The van der Waals surface area contributed by atoms with Crippen LogP contribution in [-0.4, -0.2) is 89.6 Å². The zero-order chi connectivity index (χ0) is 25.9. The van der Waals surface area contributed by atoms with Gasteiger partial charge in [0.25, 0.3) is 6.43 Å². The van der Waals surface area contributed by atoms with Crippen LogP contribution in [0.5, 0.6) is 0 Å². The molecule has 0 spiro atoms. The van der Waals surface area contributed by atoms with Crippen LogP contribution in [0.4, 0.5) is 20.5 Å². The van der Waals surface area contributed by atoms with Gasteiger partial charge in [-0.1, -0.05) is 12.1 Å². The molecule has 2 aliphatic heterocycles. The lowest BCUT2D eigenvalue weighted by molar-refractivity contribution is 0.00539. The summed E-state index contributed by atoms with van der Waals surface area (Å²) in [6.07, 6.45) is 1.93. The van der Waals surface area contributed by atoms with E-state index in [0.29, 0.717) is 66.9 Å². The molecule has 1 N–H and O–H groups in total. The summed E-state index contributed by atoms with van der Waals surface area (Å²) in [6, 6.07) is 9.59. The monoisotopic (exact) mass is 527 g/mol. The van der Waals surface area contributed by atoms with Crippen LogP contribution in [0, 0.1) is 5.92 Å². The zero-order valence-electron chi connectivity index (χ0n) is 21.6. The van der Waals surface area contributed by atoms with E-state index < -0.39 is 6.43 Å². The van der Waals surface area contributed by atoms with Gasteiger partial charge in [0.2, 0.25) is 5.95 Å². The number of benzene rings is 1. The van der Waals surface area contributed by atoms with E-state index in [9.17, 15) is 8.78 Å². The van der Waals surface area contributed by atoms with Crippen LogP contribution in [0.2, 0.25) is 0 Å². The number of para-hydroxylation sites is 2. The van der Waals surface area contributed by atoms with Gasteiger partial charge in [-0.05, 0) is 43.7 Å². The number of halogens is 2. The Kier molecular flexibility index (Phi) is 7.66. The normalized spacial score (nSPS) is 23.3. The highest BCUT2D eigenvalue weighted by Gasteiger charge is 2.27. The molecule has 204 valence electrons. The average Bonchev–Trinajstić information content (AvgIpc) is 3.37. The number of anilines is 2. The predicted octanol–water partition coefficient (Wildman–Crippen LogP) is 3.89. The van der Waals surface area contributed by atoms with Crippen molar-refractivity contribution in [2.24, 2.45) is 5.92 Å². The van der Waals surface area contributed by atoms with Gasteiger partial charge in [0.05, 0.1) is 37.5 Å². The summed E-state index contributed by atoms with van der Waals surface area (Å²) >= 11 is 0. The Labute approximate surface area is 221 Å². The van der Waals surface area contributed by atoms with Crippen molar-refractivity contribution in [2.45, 2.75) is 38.2 Å². The van der Waals surface area contributed by atoms with Crippen molar-refractivity contribution in [3.63, 3.8) is 0 Å². The fraction of sp³-hybridized carbons (Fsp3) is 0.593. The van der Waals surface area contributed by atoms with Crippen molar-refractivity contribution in [3.05, 3.63) is 36.2 Å². The van der Waals surface area contributed by atoms with Gasteiger partial charge in [-0.15, -0.1) is 0 Å². The molecule has 0 atom stereocenters. The lowest BCUT2D eigenvalue weighted by atomic mass is 9.85. The van der Waals surface area contributed by atoms with Crippen molar-refractivity contribution in [1.29, 1.82) is 0 Å². The standard InChI is InChI=1S/C27H35F2N7O2/c28-25(29)26-31-21-3-1-2-4-22(21)36(26)24-17-23(35-11-15-38-16-12-35)32-27(33-24)30-18-19-5-7-20(8-6-19)34-9-13-37-14-10-34/h1-4,17,19-20,25H,5-16,18H2,(H,30,32,33)/t19-,20-. The summed E-state index contributed by atoms with van der Waals surface area (Å²) in [5.41, 5.74) is 1.11. The van der Waals surface area contributed by atoms with E-state index in [2.05, 4.69) is 20.1 Å². The van der Waals surface area contributed by atoms with Crippen LogP contribution in [0.25, 0.3) is 16.9 Å². The van der Waals surface area contributed by atoms with Gasteiger partial charge in [0, 0.05) is 44.8 Å². The number of imidazole rings is 1. The molecule has 1 aliphatic carbocycles. The van der Waals surface area contributed by atoms with E-state index >= 15 is 0 Å². The van der Waals surface area contributed by atoms with Crippen molar-refractivity contribution < 1.29 is 18.3 Å². The fourth-order valence-corrected chi connectivity index (χ4v) is 5.89. The van der Waals surface area contributed by atoms with Crippen LogP contribution < -0.4 is 10.2 Å². The molecule has 3 aromatic rings. The van der Waals surface area contributed by atoms with E-state index in [1.807, 2.05) is 6.07 Å². The summed E-state index contributed by atoms with van der Waals surface area (Å²) in [6.45, 7) is 7.07. The SMILES string of the molecule is FC(F)c1nc2ccccc2n1-c1cc(N2CCOCC2)nc(NC[C@H]2CC[C@H](N3CCOCC3)CC2)n1. The second kappa shape index (κ2) is 11.5. The largest absolute Gasteiger partial charge is 0.379 e. The number of nitrogens with one attached hydrogen (secondary N) is 1. The number of ether oxygens (including phenoxy) is 2. The molecule has 0 amide bonds. The first-order chi connectivity index (χ1) is 18.7. The minimum absolute atomic E-state index is 0.315. The highest BCUT2D eigenvalue weighted by molar-refractivity contribution is 5.78. The lowest BCUT2D eigenvalue weighted by Crippen LogP contribution is -2.45. The number of hydrogen-bond acceptors (Lipinski definition) is 8. The maximum absolute atomic E-state index is 14.1. The fourth-order valence-electron chi connectivity index (χ4n) is 5.89. The number of rotatable bonds is 7. The molecule has 1 saturated carbocycles. The molecule has 0 bridgehead atoms. The lowest BCUT2D eigenvalue weighted by Gasteiger charge is -2.38. The smallest absolute Gasteiger partial charge is 0.296 e. The van der Waals surface area contributed by atoms with E-state index in [4.69, 9.17) is 19.4 Å². The quantitative estimate of drug-likeness (QED) is 0.496. The van der Waals surface area contributed by atoms with Gasteiger partial charge in [-0.3, -0.25) is 9.47 Å². The molecular weight excluding hydrogens is 492 g/mol. The highest BCUT2D eigenvalue weighted by Crippen LogP contribution is 2.31. The Morgan fingerprint density at radius 1 is 0.868 bits per heavy atom. The van der Waals surface area contributed by atoms with E-state index in [-0.39, 0.29) is 5.82 Å². The van der Waals surface area contributed by atoms with Crippen LogP contribution in [0.1, 0.15) is 37.9 Å². The van der Waals surface area contributed by atoms with Crippen LogP contribution >= 0.6 is 0 Å². The molecular formula is C27H35F2N7O2. The highest BCUT2D eigenvalue weighted by atomic mass is 19.3. The summed E-state index contributed by atoms with van der Waals surface area (Å²) in [7, 11) is 0. The van der Waals surface area contributed by atoms with Crippen molar-refractivity contribution in [3.8, 4) is 5.82 Å². The summed E-state index contributed by atoms with van der Waals surface area (Å²) in [5, 5.41) is 3.45. The Bertz CT molecular complexity index is 1220. The summed E-state index contributed by atoms with van der Waals surface area (Å²) < 4.78 is 40.7. The Morgan fingerprint density at radius 3 is 2.29 bits per heavy atom. The molecule has 3 fully saturated rings. The first-order valence-electron chi connectivity index (χ1n) is 13.7. The van der Waals surface area contributed by atoms with E-state index in [0.717, 1.165) is 45.7 Å². The van der Waals surface area contributed by atoms with Crippen molar-refractivity contribution in [1.82, 2.24) is 24.4 Å². The molecule has 4 heterocycles. The van der Waals surface area contributed by atoms with Gasteiger partial charge >= 0.3 is 0 Å². The van der Waals surface area contributed by atoms with Gasteiger partial charge in [0.1, 0.15) is 11.6 Å². The third-order valence-electron chi connectivity index (χ3n) is 7.97. The van der Waals surface area contributed by atoms with E-state index in [1.165, 1.54) is 17.4 Å². The molecule has 38 heavy (non-hydrogen) atoms. The number of morpholine rings is 2. The molecule has 11 heteroatoms. The Morgan fingerprint density at radius 2 is 1.55 bits per heavy atom. The number of nitrogens with zero attached hydrogens (tertiary/aromatic N) is 6. The Balaban J connectivity index is 1.24. The molecule has 2 saturated heterocycles. The summed E-state index contributed by atoms with van der Waals surface area (Å²) in [4.78, 5) is 18.4. The molecule has 3 aliphatic rings. The number of fused-ring (bicyclic) bond motifs is 1. The van der Waals surface area contributed by atoms with E-state index in [1.54, 1.807) is 24.3 Å². The molecule has 0 radical (unpaired) electrons. The van der Waals surface area contributed by atoms with Gasteiger partial charge in [-0.2, -0.15) is 9.97 Å². The van der Waals surface area contributed by atoms with Gasteiger partial charge in [-0.25, -0.2) is 13.8 Å². The maximum atomic E-state index is 14.1. The molecule has 2 aromatic heterocycles.